The molecule has 1 amide bonds. The molecule has 0 spiro atoms. The minimum atomic E-state index is -2.98. The number of fused-ring (bicyclic) bond motifs is 1. The van der Waals surface area contributed by atoms with Crippen LogP contribution >= 0.6 is 11.6 Å². The molecule has 28 heavy (non-hydrogen) atoms. The summed E-state index contributed by atoms with van der Waals surface area (Å²) in [4.78, 5) is 16.8. The van der Waals surface area contributed by atoms with Crippen LogP contribution in [-0.2, 0) is 0 Å². The molecule has 1 aromatic heterocycles. The lowest BCUT2D eigenvalue weighted by molar-refractivity contribution is -0.0497. The maximum absolute atomic E-state index is 12.6. The van der Waals surface area contributed by atoms with Crippen LogP contribution in [0, 0.1) is 5.92 Å². The number of ether oxygens (including phenoxy) is 1. The first-order valence-corrected chi connectivity index (χ1v) is 9.79. The summed E-state index contributed by atoms with van der Waals surface area (Å²) in [5.74, 6) is -0.0373. The number of nitrogens with zero attached hydrogens (tertiary/aromatic N) is 1. The van der Waals surface area contributed by atoms with Gasteiger partial charge in [-0.05, 0) is 56.6 Å². The zero-order valence-corrected chi connectivity index (χ0v) is 15.9. The van der Waals surface area contributed by atoms with E-state index in [9.17, 15) is 18.7 Å². The average Bonchev–Trinajstić information content (AvgIpc) is 3.41. The van der Waals surface area contributed by atoms with Crippen LogP contribution in [0.2, 0.25) is 5.02 Å². The lowest BCUT2D eigenvalue weighted by Crippen LogP contribution is -2.39. The summed E-state index contributed by atoms with van der Waals surface area (Å²) >= 11 is 5.98. The largest absolute Gasteiger partial charge is 0.433 e. The molecule has 2 aromatic rings. The fraction of sp³-hybridized carbons (Fsp3) is 0.500. The molecule has 2 aliphatic carbocycles. The number of alkyl halides is 2. The number of halogens is 3. The van der Waals surface area contributed by atoms with E-state index in [0.29, 0.717) is 22.4 Å². The monoisotopic (exact) mass is 410 g/mol. The third-order valence-electron chi connectivity index (χ3n) is 5.80. The van der Waals surface area contributed by atoms with Crippen molar-refractivity contribution in [1.29, 1.82) is 0 Å². The van der Waals surface area contributed by atoms with E-state index >= 15 is 0 Å². The number of hydrogen-bond donors (Lipinski definition) is 2. The van der Waals surface area contributed by atoms with Gasteiger partial charge in [0, 0.05) is 23.7 Å². The van der Waals surface area contributed by atoms with Crippen LogP contribution < -0.4 is 10.1 Å². The normalized spacial score (nSPS) is 23.6. The summed E-state index contributed by atoms with van der Waals surface area (Å²) in [5, 5.41) is 13.9. The van der Waals surface area contributed by atoms with Gasteiger partial charge in [-0.2, -0.15) is 8.78 Å². The molecule has 150 valence electrons. The molecule has 4 rings (SSSR count). The molecule has 2 saturated carbocycles. The van der Waals surface area contributed by atoms with E-state index in [-0.39, 0.29) is 22.7 Å². The highest BCUT2D eigenvalue weighted by molar-refractivity contribution is 6.32. The van der Waals surface area contributed by atoms with E-state index in [1.807, 2.05) is 0 Å². The van der Waals surface area contributed by atoms with Gasteiger partial charge in [0.25, 0.3) is 5.91 Å². The molecule has 8 heteroatoms. The van der Waals surface area contributed by atoms with Gasteiger partial charge in [-0.1, -0.05) is 11.6 Å². The van der Waals surface area contributed by atoms with Crippen LogP contribution in [0.3, 0.4) is 0 Å². The lowest BCUT2D eigenvalue weighted by atomic mass is 9.81. The number of pyridine rings is 1. The Morgan fingerprint density at radius 3 is 2.61 bits per heavy atom. The van der Waals surface area contributed by atoms with Crippen molar-refractivity contribution in [2.45, 2.75) is 56.8 Å². The van der Waals surface area contributed by atoms with Crippen molar-refractivity contribution in [2.24, 2.45) is 5.92 Å². The number of nitrogens with one attached hydrogen (secondary N) is 1. The molecule has 2 fully saturated rings. The van der Waals surface area contributed by atoms with Gasteiger partial charge in [-0.25, -0.2) is 0 Å². The van der Waals surface area contributed by atoms with Crippen molar-refractivity contribution in [3.05, 3.63) is 35.0 Å². The van der Waals surface area contributed by atoms with Gasteiger partial charge < -0.3 is 15.2 Å². The number of rotatable bonds is 5. The Morgan fingerprint density at radius 2 is 1.96 bits per heavy atom. The molecular weight excluding hydrogens is 390 g/mol. The second kappa shape index (κ2) is 7.44. The van der Waals surface area contributed by atoms with Gasteiger partial charge in [0.1, 0.15) is 5.75 Å². The molecule has 2 aliphatic rings. The topological polar surface area (TPSA) is 71.5 Å². The molecule has 1 heterocycles. The molecule has 0 bridgehead atoms. The maximum Gasteiger partial charge on any atom is 0.387 e. The summed E-state index contributed by atoms with van der Waals surface area (Å²) < 4.78 is 29.2. The predicted octanol–water partition coefficient (Wildman–Crippen LogP) is 4.30. The molecule has 0 aliphatic heterocycles. The van der Waals surface area contributed by atoms with E-state index in [4.69, 9.17) is 11.6 Å². The van der Waals surface area contributed by atoms with Gasteiger partial charge in [0.2, 0.25) is 0 Å². The van der Waals surface area contributed by atoms with E-state index in [1.54, 1.807) is 6.07 Å². The Balaban J connectivity index is 1.43. The van der Waals surface area contributed by atoms with Crippen molar-refractivity contribution in [1.82, 2.24) is 10.3 Å². The first-order valence-electron chi connectivity index (χ1n) is 9.41. The Morgan fingerprint density at radius 1 is 1.25 bits per heavy atom. The second-order valence-electron chi connectivity index (χ2n) is 7.70. The fourth-order valence-electron chi connectivity index (χ4n) is 4.02. The summed E-state index contributed by atoms with van der Waals surface area (Å²) in [6, 6.07) is 4.50. The van der Waals surface area contributed by atoms with Gasteiger partial charge in [0.15, 0.2) is 0 Å². The maximum atomic E-state index is 12.6. The van der Waals surface area contributed by atoms with Gasteiger partial charge in [-0.15, -0.1) is 0 Å². The number of amides is 1. The highest BCUT2D eigenvalue weighted by Crippen LogP contribution is 2.48. The Hall–Kier alpha value is -1.99. The zero-order chi connectivity index (χ0) is 19.9. The summed E-state index contributed by atoms with van der Waals surface area (Å²) in [7, 11) is 0. The molecule has 5 nitrogen and oxygen atoms in total. The SMILES string of the molecule is O=C(NC1CCC(C2(O)CC2)CC1)c1cnc2cc(OC(F)F)c(Cl)cc2c1. The molecule has 0 saturated heterocycles. The van der Waals surface area contributed by atoms with Crippen LogP contribution in [-0.4, -0.2) is 34.3 Å². The van der Waals surface area contributed by atoms with Crippen LogP contribution in [0.4, 0.5) is 8.78 Å². The number of benzene rings is 1. The number of hydrogen-bond acceptors (Lipinski definition) is 4. The molecule has 2 N–H and O–H groups in total. The lowest BCUT2D eigenvalue weighted by Gasteiger charge is -2.32. The Kier molecular flexibility index (Phi) is 5.14. The molecule has 0 atom stereocenters. The van der Waals surface area contributed by atoms with Gasteiger partial charge >= 0.3 is 6.61 Å². The first kappa shape index (κ1) is 19.3. The predicted molar refractivity (Wildman–Crippen MR) is 101 cm³/mol. The van der Waals surface area contributed by atoms with E-state index in [1.165, 1.54) is 18.3 Å². The zero-order valence-electron chi connectivity index (χ0n) is 15.1. The Bertz CT molecular complexity index is 896. The van der Waals surface area contributed by atoms with Crippen LogP contribution in [0.25, 0.3) is 10.9 Å². The second-order valence-corrected chi connectivity index (χ2v) is 8.11. The van der Waals surface area contributed by atoms with E-state index in [2.05, 4.69) is 15.0 Å². The minimum absolute atomic E-state index is 0.0310. The van der Waals surface area contributed by atoms with Gasteiger partial charge in [-0.3, -0.25) is 9.78 Å². The summed E-state index contributed by atoms with van der Waals surface area (Å²) in [6.07, 6.45) is 6.73. The molecule has 0 unspecified atom stereocenters. The van der Waals surface area contributed by atoms with Crippen LogP contribution in [0.5, 0.6) is 5.75 Å². The number of carbonyl (C=O) groups is 1. The quantitative estimate of drug-likeness (QED) is 0.770. The van der Waals surface area contributed by atoms with Crippen LogP contribution in [0.15, 0.2) is 24.4 Å². The third kappa shape index (κ3) is 4.05. The van der Waals surface area contributed by atoms with Crippen molar-refractivity contribution in [3.8, 4) is 5.75 Å². The summed E-state index contributed by atoms with van der Waals surface area (Å²) in [6.45, 7) is -2.98. The van der Waals surface area contributed by atoms with Crippen LogP contribution in [0.1, 0.15) is 48.9 Å². The molecular formula is C20H21ClF2N2O3. The first-order chi connectivity index (χ1) is 13.3. The molecule has 1 aromatic carbocycles. The van der Waals surface area contributed by atoms with Crippen molar-refractivity contribution < 1.29 is 23.4 Å². The fourth-order valence-corrected chi connectivity index (χ4v) is 4.24. The molecule has 0 radical (unpaired) electrons. The van der Waals surface area contributed by atoms with Crippen molar-refractivity contribution in [2.75, 3.05) is 0 Å². The highest BCUT2D eigenvalue weighted by Gasteiger charge is 2.48. The van der Waals surface area contributed by atoms with E-state index < -0.39 is 12.2 Å². The number of aromatic nitrogens is 1. The third-order valence-corrected chi connectivity index (χ3v) is 6.09. The Labute approximate surface area is 166 Å². The van der Waals surface area contributed by atoms with Crippen molar-refractivity contribution in [3.63, 3.8) is 0 Å². The van der Waals surface area contributed by atoms with Gasteiger partial charge in [0.05, 0.1) is 21.7 Å². The van der Waals surface area contributed by atoms with E-state index in [0.717, 1.165) is 38.5 Å². The highest BCUT2D eigenvalue weighted by atomic mass is 35.5. The smallest absolute Gasteiger partial charge is 0.387 e. The standard InChI is InChI=1S/C20H21ClF2N2O3/c21-15-8-11-7-12(10-24-16(11)9-17(15)28-19(22)23)18(26)25-14-3-1-13(2-4-14)20(27)5-6-20/h7-10,13-14,19,27H,1-6H2,(H,25,26). The average molecular weight is 411 g/mol. The van der Waals surface area contributed by atoms with Crippen molar-refractivity contribution >= 4 is 28.4 Å². The number of carbonyl (C=O) groups excluding carboxylic acids is 1. The summed E-state index contributed by atoms with van der Waals surface area (Å²) in [5.41, 5.74) is 0.340. The number of aliphatic hydroxyl groups is 1. The minimum Gasteiger partial charge on any atom is -0.433 e.